The van der Waals surface area contributed by atoms with Crippen molar-refractivity contribution in [3.8, 4) is 0 Å². The van der Waals surface area contributed by atoms with Gasteiger partial charge in [-0.2, -0.15) is 4.31 Å². The van der Waals surface area contributed by atoms with Crippen molar-refractivity contribution in [1.82, 2.24) is 8.87 Å². The fourth-order valence-corrected chi connectivity index (χ4v) is 5.95. The lowest BCUT2D eigenvalue weighted by Gasteiger charge is -2.18. The van der Waals surface area contributed by atoms with E-state index in [0.717, 1.165) is 36.4 Å². The third-order valence-electron chi connectivity index (χ3n) is 6.73. The van der Waals surface area contributed by atoms with Gasteiger partial charge in [-0.3, -0.25) is 4.79 Å². The average molecular weight is 559 g/mol. The van der Waals surface area contributed by atoms with E-state index in [1.54, 1.807) is 6.07 Å². The van der Waals surface area contributed by atoms with Crippen LogP contribution in [0.2, 0.25) is 5.02 Å². The van der Waals surface area contributed by atoms with Crippen LogP contribution in [0.1, 0.15) is 50.5 Å². The van der Waals surface area contributed by atoms with Gasteiger partial charge in [0.15, 0.2) is 6.61 Å². The molecule has 1 fully saturated rings. The number of hydrogen-bond acceptors (Lipinski definition) is 6. The summed E-state index contributed by atoms with van der Waals surface area (Å²) in [5, 5.41) is 0.0295. The summed E-state index contributed by atoms with van der Waals surface area (Å²) in [5.41, 5.74) is 2.87. The van der Waals surface area contributed by atoms with Crippen LogP contribution in [0.5, 0.6) is 0 Å². The number of halogens is 1. The molecule has 2 heterocycles. The number of Topliss-reactive ketones (excluding diaryl/α,β-unsaturated/α-hetero) is 1. The van der Waals surface area contributed by atoms with E-state index in [0.29, 0.717) is 12.1 Å². The number of hydrogen-bond donors (Lipinski definition) is 0. The lowest BCUT2D eigenvalue weighted by atomic mass is 10.1. The molecule has 3 aromatic rings. The Morgan fingerprint density at radius 2 is 1.84 bits per heavy atom. The van der Waals surface area contributed by atoms with Crippen molar-refractivity contribution in [2.75, 3.05) is 20.3 Å². The number of rotatable bonds is 10. The van der Waals surface area contributed by atoms with Crippen molar-refractivity contribution in [2.24, 2.45) is 0 Å². The number of benzene rings is 2. The third-order valence-corrected chi connectivity index (χ3v) is 8.86. The second kappa shape index (κ2) is 11.8. The van der Waals surface area contributed by atoms with Crippen LogP contribution >= 0.6 is 11.6 Å². The Hall–Kier alpha value is -2.98. The molecule has 0 spiro atoms. The van der Waals surface area contributed by atoms with Gasteiger partial charge < -0.3 is 14.0 Å². The zero-order valence-electron chi connectivity index (χ0n) is 21.6. The van der Waals surface area contributed by atoms with Crippen LogP contribution in [-0.2, 0) is 32.6 Å². The Balaban J connectivity index is 1.45. The lowest BCUT2D eigenvalue weighted by Crippen LogP contribution is -2.26. The second-order valence-electron chi connectivity index (χ2n) is 9.42. The van der Waals surface area contributed by atoms with Crippen molar-refractivity contribution in [3.63, 3.8) is 0 Å². The monoisotopic (exact) mass is 558 g/mol. The van der Waals surface area contributed by atoms with Crippen molar-refractivity contribution in [2.45, 2.75) is 50.8 Å². The SMILES string of the molecule is Cc1cc(C(=O)COC(=O)c2cc(S(=O)(=O)N(C)Cc3ccccc3)ccc2Cl)c(C)n1CC1CCCO1. The van der Waals surface area contributed by atoms with Gasteiger partial charge in [-0.1, -0.05) is 41.9 Å². The molecule has 38 heavy (non-hydrogen) atoms. The quantitative estimate of drug-likeness (QED) is 0.262. The highest BCUT2D eigenvalue weighted by Crippen LogP contribution is 2.25. The molecule has 0 bridgehead atoms. The highest BCUT2D eigenvalue weighted by atomic mass is 35.5. The summed E-state index contributed by atoms with van der Waals surface area (Å²) in [6.45, 7) is 4.86. The van der Waals surface area contributed by atoms with Gasteiger partial charge >= 0.3 is 5.97 Å². The number of esters is 1. The van der Waals surface area contributed by atoms with Crippen LogP contribution in [0.4, 0.5) is 0 Å². The Morgan fingerprint density at radius 1 is 1.11 bits per heavy atom. The molecule has 1 atom stereocenters. The molecule has 1 unspecified atom stereocenters. The number of nitrogens with zero attached hydrogens (tertiary/aromatic N) is 2. The van der Waals surface area contributed by atoms with Crippen LogP contribution in [0.15, 0.2) is 59.5 Å². The largest absolute Gasteiger partial charge is 0.454 e. The lowest BCUT2D eigenvalue weighted by molar-refractivity contribution is 0.0474. The summed E-state index contributed by atoms with van der Waals surface area (Å²) in [7, 11) is -2.45. The predicted octanol–water partition coefficient (Wildman–Crippen LogP) is 4.80. The van der Waals surface area contributed by atoms with Gasteiger partial charge in [-0.15, -0.1) is 0 Å². The first-order chi connectivity index (χ1) is 18.1. The van der Waals surface area contributed by atoms with E-state index in [4.69, 9.17) is 21.1 Å². The van der Waals surface area contributed by atoms with Gasteiger partial charge in [-0.25, -0.2) is 13.2 Å². The number of ketones is 1. The number of ether oxygens (including phenoxy) is 2. The van der Waals surface area contributed by atoms with E-state index < -0.39 is 22.6 Å². The van der Waals surface area contributed by atoms with E-state index in [9.17, 15) is 18.0 Å². The van der Waals surface area contributed by atoms with Gasteiger partial charge in [0.2, 0.25) is 15.8 Å². The maximum absolute atomic E-state index is 13.1. The number of sulfonamides is 1. The molecule has 4 rings (SSSR count). The van der Waals surface area contributed by atoms with Gasteiger partial charge in [0.25, 0.3) is 0 Å². The molecule has 0 saturated carbocycles. The topological polar surface area (TPSA) is 94.9 Å². The third kappa shape index (κ3) is 6.18. The number of carbonyl (C=O) groups is 2. The van der Waals surface area contributed by atoms with Crippen molar-refractivity contribution < 1.29 is 27.5 Å². The predicted molar refractivity (Wildman–Crippen MR) is 144 cm³/mol. The molecule has 0 aliphatic carbocycles. The average Bonchev–Trinajstić information content (AvgIpc) is 3.51. The normalized spacial score (nSPS) is 15.7. The van der Waals surface area contributed by atoms with Crippen LogP contribution in [0.3, 0.4) is 0 Å². The Kier molecular flexibility index (Phi) is 8.72. The number of carbonyl (C=O) groups excluding carboxylic acids is 2. The van der Waals surface area contributed by atoms with E-state index in [1.807, 2.05) is 48.7 Å². The molecule has 1 aliphatic heterocycles. The summed E-state index contributed by atoms with van der Waals surface area (Å²) in [4.78, 5) is 25.7. The Labute approximate surface area is 228 Å². The summed E-state index contributed by atoms with van der Waals surface area (Å²) in [6.07, 6.45) is 2.13. The molecule has 2 aromatic carbocycles. The first-order valence-corrected chi connectivity index (χ1v) is 14.2. The van der Waals surface area contributed by atoms with Gasteiger partial charge in [0, 0.05) is 43.7 Å². The first-order valence-electron chi connectivity index (χ1n) is 12.4. The van der Waals surface area contributed by atoms with Crippen molar-refractivity contribution >= 4 is 33.4 Å². The standard InChI is InChI=1S/C28H31ClN2O6S/c1-19-14-24(20(2)31(19)17-22-10-7-13-36-22)27(32)18-37-28(33)25-15-23(11-12-26(25)29)38(34,35)30(3)16-21-8-5-4-6-9-21/h4-6,8-9,11-12,14-15,22H,7,10,13,16-18H2,1-3H3. The molecular formula is C28H31ClN2O6S. The van der Waals surface area contributed by atoms with Gasteiger partial charge in [0.1, 0.15) is 0 Å². The van der Waals surface area contributed by atoms with Crippen LogP contribution < -0.4 is 0 Å². The summed E-state index contributed by atoms with van der Waals surface area (Å²) < 4.78 is 40.5. The molecule has 0 amide bonds. The molecule has 1 aliphatic rings. The van der Waals surface area contributed by atoms with E-state index in [-0.39, 0.29) is 33.9 Å². The fraction of sp³-hybridized carbons (Fsp3) is 0.357. The zero-order chi connectivity index (χ0) is 27.4. The first kappa shape index (κ1) is 28.0. The van der Waals surface area contributed by atoms with Crippen molar-refractivity contribution in [1.29, 1.82) is 0 Å². The van der Waals surface area contributed by atoms with E-state index in [1.165, 1.54) is 29.6 Å². The molecule has 1 saturated heterocycles. The minimum atomic E-state index is -3.91. The fourth-order valence-electron chi connectivity index (χ4n) is 4.57. The molecule has 0 radical (unpaired) electrons. The number of aryl methyl sites for hydroxylation is 1. The minimum Gasteiger partial charge on any atom is -0.454 e. The minimum absolute atomic E-state index is 0.0295. The Morgan fingerprint density at radius 3 is 2.53 bits per heavy atom. The maximum atomic E-state index is 13.1. The summed E-state index contributed by atoms with van der Waals surface area (Å²) in [5.74, 6) is -1.23. The molecule has 10 heteroatoms. The van der Waals surface area contributed by atoms with Gasteiger partial charge in [-0.05, 0) is 56.5 Å². The summed E-state index contributed by atoms with van der Waals surface area (Å²) >= 11 is 6.20. The van der Waals surface area contributed by atoms with Crippen LogP contribution in [-0.4, -0.2) is 55.4 Å². The summed E-state index contributed by atoms with van der Waals surface area (Å²) in [6, 6.07) is 14.8. The second-order valence-corrected chi connectivity index (χ2v) is 11.9. The molecule has 202 valence electrons. The molecule has 1 aromatic heterocycles. The molecule has 0 N–H and O–H groups in total. The van der Waals surface area contributed by atoms with E-state index >= 15 is 0 Å². The maximum Gasteiger partial charge on any atom is 0.340 e. The molecule has 8 nitrogen and oxygen atoms in total. The highest BCUT2D eigenvalue weighted by molar-refractivity contribution is 7.89. The van der Waals surface area contributed by atoms with Crippen LogP contribution in [0.25, 0.3) is 0 Å². The van der Waals surface area contributed by atoms with Gasteiger partial charge in [0.05, 0.1) is 21.6 Å². The smallest absolute Gasteiger partial charge is 0.340 e. The highest BCUT2D eigenvalue weighted by Gasteiger charge is 2.25. The molecular weight excluding hydrogens is 528 g/mol. The zero-order valence-corrected chi connectivity index (χ0v) is 23.2. The Bertz CT molecular complexity index is 1430. The van der Waals surface area contributed by atoms with E-state index in [2.05, 4.69) is 0 Å². The van der Waals surface area contributed by atoms with Crippen LogP contribution in [0, 0.1) is 13.8 Å². The number of aromatic nitrogens is 1. The van der Waals surface area contributed by atoms with Crippen molar-refractivity contribution in [3.05, 3.63) is 87.7 Å².